The van der Waals surface area contributed by atoms with Gasteiger partial charge in [0.25, 0.3) is 0 Å². The van der Waals surface area contributed by atoms with E-state index in [9.17, 15) is 0 Å². The van der Waals surface area contributed by atoms with Crippen LogP contribution in [0.3, 0.4) is 0 Å². The van der Waals surface area contributed by atoms with E-state index in [1.807, 2.05) is 44.2 Å². The molecule has 0 bridgehead atoms. The SMILES string of the molecule is C=C/C(N)=C(\C=C(C)C)c1nc2ccccc2[nH]1. The van der Waals surface area contributed by atoms with Gasteiger partial charge in [-0.05, 0) is 32.1 Å². The maximum absolute atomic E-state index is 5.98. The molecule has 0 saturated heterocycles. The van der Waals surface area contributed by atoms with Gasteiger partial charge in [-0.15, -0.1) is 0 Å². The Morgan fingerprint density at radius 3 is 2.67 bits per heavy atom. The van der Waals surface area contributed by atoms with E-state index >= 15 is 0 Å². The number of H-pyrrole nitrogens is 1. The quantitative estimate of drug-likeness (QED) is 0.807. The van der Waals surface area contributed by atoms with Gasteiger partial charge in [0.15, 0.2) is 0 Å². The number of nitrogens with two attached hydrogens (primary N) is 1. The molecule has 0 aliphatic heterocycles. The predicted molar refractivity (Wildman–Crippen MR) is 76.8 cm³/mol. The van der Waals surface area contributed by atoms with Gasteiger partial charge in [0.2, 0.25) is 0 Å². The van der Waals surface area contributed by atoms with Crippen molar-refractivity contribution in [2.45, 2.75) is 13.8 Å². The van der Waals surface area contributed by atoms with Gasteiger partial charge >= 0.3 is 0 Å². The molecule has 1 aromatic carbocycles. The number of aromatic nitrogens is 2. The number of allylic oxidation sites excluding steroid dienone is 4. The molecule has 0 radical (unpaired) electrons. The van der Waals surface area contributed by atoms with E-state index in [0.717, 1.165) is 28.0 Å². The number of nitrogens with zero attached hydrogens (tertiary/aromatic N) is 1. The van der Waals surface area contributed by atoms with E-state index < -0.39 is 0 Å². The molecular formula is C15H17N3. The number of benzene rings is 1. The number of fused-ring (bicyclic) bond motifs is 1. The lowest BCUT2D eigenvalue weighted by molar-refractivity contribution is 1.24. The molecule has 0 amide bonds. The summed E-state index contributed by atoms with van der Waals surface area (Å²) in [5, 5.41) is 0. The lowest BCUT2D eigenvalue weighted by Crippen LogP contribution is -1.99. The second-order valence-electron chi connectivity index (χ2n) is 4.40. The minimum atomic E-state index is 0.621. The Bertz CT molecular complexity index is 608. The molecule has 3 N–H and O–H groups in total. The zero-order valence-corrected chi connectivity index (χ0v) is 10.7. The van der Waals surface area contributed by atoms with Gasteiger partial charge in [-0.2, -0.15) is 0 Å². The Morgan fingerprint density at radius 1 is 1.33 bits per heavy atom. The van der Waals surface area contributed by atoms with E-state index in [2.05, 4.69) is 16.5 Å². The number of aromatic amines is 1. The maximum Gasteiger partial charge on any atom is 0.140 e. The van der Waals surface area contributed by atoms with Gasteiger partial charge < -0.3 is 10.7 Å². The third kappa shape index (κ3) is 2.35. The molecule has 0 fully saturated rings. The Morgan fingerprint density at radius 2 is 2.06 bits per heavy atom. The molecule has 0 atom stereocenters. The van der Waals surface area contributed by atoms with Crippen LogP contribution >= 0.6 is 0 Å². The third-order valence-electron chi connectivity index (χ3n) is 2.61. The van der Waals surface area contributed by atoms with Crippen LogP contribution < -0.4 is 5.73 Å². The first-order valence-electron chi connectivity index (χ1n) is 5.84. The molecule has 3 nitrogen and oxygen atoms in total. The van der Waals surface area contributed by atoms with Crippen LogP contribution in [0.4, 0.5) is 0 Å². The molecule has 1 aromatic heterocycles. The van der Waals surface area contributed by atoms with Crippen LogP contribution in [-0.2, 0) is 0 Å². The predicted octanol–water partition coefficient (Wildman–Crippen LogP) is 3.38. The maximum atomic E-state index is 5.98. The monoisotopic (exact) mass is 239 g/mol. The minimum Gasteiger partial charge on any atom is -0.398 e. The second kappa shape index (κ2) is 4.92. The summed E-state index contributed by atoms with van der Waals surface area (Å²) in [5.41, 5.74) is 10.6. The van der Waals surface area contributed by atoms with Crippen LogP contribution in [0.2, 0.25) is 0 Å². The highest BCUT2D eigenvalue weighted by atomic mass is 14.9. The van der Waals surface area contributed by atoms with Crippen molar-refractivity contribution in [2.24, 2.45) is 5.73 Å². The Balaban J connectivity index is 2.62. The largest absolute Gasteiger partial charge is 0.398 e. The summed E-state index contributed by atoms with van der Waals surface area (Å²) in [4.78, 5) is 7.82. The Kier molecular flexibility index (Phi) is 3.33. The molecule has 1 heterocycles. The zero-order chi connectivity index (χ0) is 13.1. The van der Waals surface area contributed by atoms with Crippen LogP contribution in [0.1, 0.15) is 19.7 Å². The molecule has 2 rings (SSSR count). The lowest BCUT2D eigenvalue weighted by Gasteiger charge is -2.02. The molecule has 0 aliphatic rings. The third-order valence-corrected chi connectivity index (χ3v) is 2.61. The fraction of sp³-hybridized carbons (Fsp3) is 0.133. The molecule has 92 valence electrons. The van der Waals surface area contributed by atoms with Crippen molar-refractivity contribution in [3.05, 3.63) is 60.1 Å². The van der Waals surface area contributed by atoms with Crippen molar-refractivity contribution in [1.29, 1.82) is 0 Å². The zero-order valence-electron chi connectivity index (χ0n) is 10.7. The van der Waals surface area contributed by atoms with Crippen LogP contribution in [0.15, 0.2) is 54.3 Å². The Hall–Kier alpha value is -2.29. The molecule has 0 unspecified atom stereocenters. The highest BCUT2D eigenvalue weighted by Gasteiger charge is 2.08. The van der Waals surface area contributed by atoms with E-state index in [1.165, 1.54) is 0 Å². The summed E-state index contributed by atoms with van der Waals surface area (Å²) in [7, 11) is 0. The van der Waals surface area contributed by atoms with Gasteiger partial charge in [-0.25, -0.2) is 4.98 Å². The molecule has 18 heavy (non-hydrogen) atoms. The summed E-state index contributed by atoms with van der Waals surface area (Å²) in [6.07, 6.45) is 3.65. The van der Waals surface area contributed by atoms with Gasteiger partial charge in [-0.1, -0.05) is 30.4 Å². The van der Waals surface area contributed by atoms with Crippen LogP contribution in [0.5, 0.6) is 0 Å². The van der Waals surface area contributed by atoms with Crippen LogP contribution in [0.25, 0.3) is 16.6 Å². The molecule has 0 spiro atoms. The first-order valence-corrected chi connectivity index (χ1v) is 5.84. The summed E-state index contributed by atoms with van der Waals surface area (Å²) < 4.78 is 0. The number of imidazole rings is 1. The summed E-state index contributed by atoms with van der Waals surface area (Å²) in [6, 6.07) is 7.91. The van der Waals surface area contributed by atoms with Gasteiger partial charge in [-0.3, -0.25) is 0 Å². The fourth-order valence-corrected chi connectivity index (χ4v) is 1.77. The second-order valence-corrected chi connectivity index (χ2v) is 4.40. The van der Waals surface area contributed by atoms with Crippen molar-refractivity contribution < 1.29 is 0 Å². The van der Waals surface area contributed by atoms with E-state index in [0.29, 0.717) is 5.70 Å². The molecular weight excluding hydrogens is 222 g/mol. The normalized spacial score (nSPS) is 12.1. The average Bonchev–Trinajstić information content (AvgIpc) is 2.78. The van der Waals surface area contributed by atoms with Gasteiger partial charge in [0.1, 0.15) is 5.82 Å². The number of nitrogens with one attached hydrogen (secondary N) is 1. The fourth-order valence-electron chi connectivity index (χ4n) is 1.77. The number of para-hydroxylation sites is 2. The minimum absolute atomic E-state index is 0.621. The van der Waals surface area contributed by atoms with E-state index in [-0.39, 0.29) is 0 Å². The number of rotatable bonds is 3. The Labute approximate surface area is 107 Å². The highest BCUT2D eigenvalue weighted by molar-refractivity contribution is 5.82. The average molecular weight is 239 g/mol. The number of hydrogen-bond donors (Lipinski definition) is 2. The first-order chi connectivity index (χ1) is 8.61. The van der Waals surface area contributed by atoms with Crippen molar-refractivity contribution in [3.8, 4) is 0 Å². The van der Waals surface area contributed by atoms with E-state index in [4.69, 9.17) is 5.73 Å². The van der Waals surface area contributed by atoms with Crippen LogP contribution in [0, 0.1) is 0 Å². The van der Waals surface area contributed by atoms with Gasteiger partial charge in [0.05, 0.1) is 11.0 Å². The topological polar surface area (TPSA) is 54.7 Å². The lowest BCUT2D eigenvalue weighted by atomic mass is 10.1. The highest BCUT2D eigenvalue weighted by Crippen LogP contribution is 2.21. The summed E-state index contributed by atoms with van der Waals surface area (Å²) in [5.74, 6) is 0.773. The van der Waals surface area contributed by atoms with Crippen molar-refractivity contribution >= 4 is 16.6 Å². The molecule has 0 aliphatic carbocycles. The summed E-state index contributed by atoms with van der Waals surface area (Å²) >= 11 is 0. The van der Waals surface area contributed by atoms with Crippen molar-refractivity contribution in [1.82, 2.24) is 9.97 Å². The van der Waals surface area contributed by atoms with Crippen LogP contribution in [-0.4, -0.2) is 9.97 Å². The number of hydrogen-bond acceptors (Lipinski definition) is 2. The summed E-state index contributed by atoms with van der Waals surface area (Å²) in [6.45, 7) is 7.77. The molecule has 2 aromatic rings. The smallest absolute Gasteiger partial charge is 0.140 e. The molecule has 3 heteroatoms. The van der Waals surface area contributed by atoms with Gasteiger partial charge in [0, 0.05) is 11.3 Å². The molecule has 0 saturated carbocycles. The van der Waals surface area contributed by atoms with Crippen molar-refractivity contribution in [2.75, 3.05) is 0 Å². The van der Waals surface area contributed by atoms with E-state index in [1.54, 1.807) is 6.08 Å². The first kappa shape index (κ1) is 12.2. The standard InChI is InChI=1S/C15H17N3/c1-4-12(16)11(9-10(2)3)15-17-13-7-5-6-8-14(13)18-15/h4-9H,1,16H2,2-3H3,(H,17,18)/b12-11-. The van der Waals surface area contributed by atoms with Crippen molar-refractivity contribution in [3.63, 3.8) is 0 Å².